The van der Waals surface area contributed by atoms with Crippen LogP contribution in [0.1, 0.15) is 41.6 Å². The van der Waals surface area contributed by atoms with Crippen LogP contribution in [0.2, 0.25) is 0 Å². The van der Waals surface area contributed by atoms with Gasteiger partial charge in [-0.25, -0.2) is 8.42 Å². The fraction of sp³-hybridized carbons (Fsp3) is 0.667. The van der Waals surface area contributed by atoms with Crippen molar-refractivity contribution in [2.45, 2.75) is 31.4 Å². The van der Waals surface area contributed by atoms with Crippen molar-refractivity contribution < 1.29 is 13.2 Å². The smallest absolute Gasteiger partial charge is 0.251 e. The zero-order valence-electron chi connectivity index (χ0n) is 17.5. The first-order chi connectivity index (χ1) is 13.9. The minimum absolute atomic E-state index is 0.0194. The summed E-state index contributed by atoms with van der Waals surface area (Å²) >= 11 is 0. The topological polar surface area (TPSA) is 73.0 Å². The first-order valence-electron chi connectivity index (χ1n) is 10.7. The molecule has 2 saturated heterocycles. The summed E-state index contributed by atoms with van der Waals surface area (Å²) < 4.78 is 26.8. The molecule has 0 radical (unpaired) electrons. The summed E-state index contributed by atoms with van der Waals surface area (Å²) in [5.74, 6) is -0.119. The lowest BCUT2D eigenvalue weighted by Gasteiger charge is -2.31. The van der Waals surface area contributed by atoms with Gasteiger partial charge in [0.1, 0.15) is 0 Å². The molecule has 29 heavy (non-hydrogen) atoms. The van der Waals surface area contributed by atoms with Gasteiger partial charge in [0.2, 0.25) is 10.0 Å². The molecule has 0 unspecified atom stereocenters. The Kier molecular flexibility index (Phi) is 8.06. The Morgan fingerprint density at radius 1 is 0.966 bits per heavy atom. The highest BCUT2D eigenvalue weighted by Crippen LogP contribution is 2.14. The van der Waals surface area contributed by atoms with E-state index in [1.54, 1.807) is 28.6 Å². The molecule has 2 fully saturated rings. The maximum atomic E-state index is 12.6. The molecule has 2 aliphatic heterocycles. The SMILES string of the molecule is CN1CCN(S(=O)(=O)Cc2ccc(C(=O)NCCCN3CCCCC3)cc2)CC1. The highest BCUT2D eigenvalue weighted by molar-refractivity contribution is 7.88. The van der Waals surface area contributed by atoms with Gasteiger partial charge < -0.3 is 15.1 Å². The van der Waals surface area contributed by atoms with E-state index in [0.29, 0.717) is 30.8 Å². The number of benzene rings is 1. The number of hydrogen-bond acceptors (Lipinski definition) is 5. The molecule has 0 aliphatic carbocycles. The van der Waals surface area contributed by atoms with Gasteiger partial charge in [-0.05, 0) is 63.6 Å². The third-order valence-corrected chi connectivity index (χ3v) is 7.66. The molecular weight excluding hydrogens is 388 g/mol. The molecule has 162 valence electrons. The fourth-order valence-electron chi connectivity index (χ4n) is 3.91. The number of sulfonamides is 1. The molecule has 2 aliphatic rings. The second kappa shape index (κ2) is 10.5. The minimum atomic E-state index is -3.32. The van der Waals surface area contributed by atoms with Crippen molar-refractivity contribution in [1.82, 2.24) is 19.4 Å². The molecule has 1 amide bonds. The monoisotopic (exact) mass is 422 g/mol. The molecule has 1 aromatic rings. The summed E-state index contributed by atoms with van der Waals surface area (Å²) in [6.07, 6.45) is 4.85. The fourth-order valence-corrected chi connectivity index (χ4v) is 5.43. The summed E-state index contributed by atoms with van der Waals surface area (Å²) in [4.78, 5) is 16.9. The Labute approximate surface area is 175 Å². The van der Waals surface area contributed by atoms with Gasteiger partial charge in [0.05, 0.1) is 5.75 Å². The summed E-state index contributed by atoms with van der Waals surface area (Å²) in [5, 5.41) is 2.97. The van der Waals surface area contributed by atoms with E-state index in [-0.39, 0.29) is 11.7 Å². The largest absolute Gasteiger partial charge is 0.352 e. The van der Waals surface area contributed by atoms with Crippen LogP contribution >= 0.6 is 0 Å². The van der Waals surface area contributed by atoms with Crippen LogP contribution in [-0.2, 0) is 15.8 Å². The second-order valence-corrected chi connectivity index (χ2v) is 10.1. The quantitative estimate of drug-likeness (QED) is 0.641. The molecule has 8 heteroatoms. The summed E-state index contributed by atoms with van der Waals surface area (Å²) in [6.45, 7) is 6.64. The number of carbonyl (C=O) groups excluding carboxylic acids is 1. The predicted octanol–water partition coefficient (Wildman–Crippen LogP) is 1.37. The summed E-state index contributed by atoms with van der Waals surface area (Å²) in [7, 11) is -1.32. The number of rotatable bonds is 8. The first-order valence-corrected chi connectivity index (χ1v) is 12.3. The molecule has 7 nitrogen and oxygen atoms in total. The normalized spacial score (nSPS) is 19.9. The van der Waals surface area contributed by atoms with Gasteiger partial charge in [0.25, 0.3) is 5.91 Å². The molecule has 0 atom stereocenters. The van der Waals surface area contributed by atoms with Crippen LogP contribution in [0.4, 0.5) is 0 Å². The van der Waals surface area contributed by atoms with Crippen molar-refractivity contribution in [3.8, 4) is 0 Å². The van der Waals surface area contributed by atoms with Gasteiger partial charge in [0.15, 0.2) is 0 Å². The van der Waals surface area contributed by atoms with Crippen molar-refractivity contribution in [2.24, 2.45) is 0 Å². The number of piperidine rings is 1. The Balaban J connectivity index is 1.43. The van der Waals surface area contributed by atoms with E-state index in [2.05, 4.69) is 15.1 Å². The van der Waals surface area contributed by atoms with Gasteiger partial charge in [-0.3, -0.25) is 4.79 Å². The van der Waals surface area contributed by atoms with Crippen LogP contribution in [-0.4, -0.2) is 87.8 Å². The molecule has 1 N–H and O–H groups in total. The van der Waals surface area contributed by atoms with Crippen LogP contribution in [0.3, 0.4) is 0 Å². The van der Waals surface area contributed by atoms with Gasteiger partial charge >= 0.3 is 0 Å². The highest BCUT2D eigenvalue weighted by atomic mass is 32.2. The number of piperazine rings is 1. The Morgan fingerprint density at radius 2 is 1.62 bits per heavy atom. The lowest BCUT2D eigenvalue weighted by Crippen LogP contribution is -2.47. The van der Waals surface area contributed by atoms with E-state index in [9.17, 15) is 13.2 Å². The Bertz CT molecular complexity index is 753. The standard InChI is InChI=1S/C21H34N4O3S/c1-23-14-16-25(17-15-23)29(27,28)18-19-6-8-20(9-7-19)21(26)22-10-5-13-24-11-3-2-4-12-24/h6-9H,2-5,10-18H2,1H3,(H,22,26). The zero-order chi connectivity index (χ0) is 20.7. The average molecular weight is 423 g/mol. The molecule has 0 spiro atoms. The van der Waals surface area contributed by atoms with Gasteiger partial charge in [-0.1, -0.05) is 18.6 Å². The van der Waals surface area contributed by atoms with Crippen LogP contribution in [0, 0.1) is 0 Å². The Hall–Kier alpha value is -1.48. The predicted molar refractivity (Wildman–Crippen MR) is 115 cm³/mol. The van der Waals surface area contributed by atoms with E-state index < -0.39 is 10.0 Å². The molecule has 0 bridgehead atoms. The van der Waals surface area contributed by atoms with Gasteiger partial charge in [0, 0.05) is 38.3 Å². The van der Waals surface area contributed by atoms with E-state index in [1.807, 2.05) is 7.05 Å². The first kappa shape index (κ1) is 22.2. The van der Waals surface area contributed by atoms with E-state index >= 15 is 0 Å². The zero-order valence-corrected chi connectivity index (χ0v) is 18.3. The summed E-state index contributed by atoms with van der Waals surface area (Å²) in [5.41, 5.74) is 1.29. The molecule has 0 saturated carbocycles. The number of amides is 1. The number of likely N-dealkylation sites (tertiary alicyclic amines) is 1. The maximum absolute atomic E-state index is 12.6. The molecule has 1 aromatic carbocycles. The van der Waals surface area contributed by atoms with Crippen molar-refractivity contribution >= 4 is 15.9 Å². The van der Waals surface area contributed by atoms with Crippen LogP contribution < -0.4 is 5.32 Å². The third-order valence-electron chi connectivity index (χ3n) is 5.81. The Morgan fingerprint density at radius 3 is 2.28 bits per heavy atom. The highest BCUT2D eigenvalue weighted by Gasteiger charge is 2.25. The number of hydrogen-bond donors (Lipinski definition) is 1. The van der Waals surface area contributed by atoms with Gasteiger partial charge in [-0.2, -0.15) is 4.31 Å². The van der Waals surface area contributed by atoms with E-state index in [1.165, 1.54) is 32.4 Å². The lowest BCUT2D eigenvalue weighted by atomic mass is 10.1. The van der Waals surface area contributed by atoms with Crippen molar-refractivity contribution in [2.75, 3.05) is 59.4 Å². The van der Waals surface area contributed by atoms with Gasteiger partial charge in [-0.15, -0.1) is 0 Å². The molecule has 3 rings (SSSR count). The van der Waals surface area contributed by atoms with Crippen molar-refractivity contribution in [3.63, 3.8) is 0 Å². The lowest BCUT2D eigenvalue weighted by molar-refractivity contribution is 0.0951. The average Bonchev–Trinajstić information content (AvgIpc) is 2.72. The van der Waals surface area contributed by atoms with E-state index in [0.717, 1.165) is 26.1 Å². The molecule has 2 heterocycles. The number of nitrogens with one attached hydrogen (secondary N) is 1. The molecular formula is C21H34N4O3S. The maximum Gasteiger partial charge on any atom is 0.251 e. The van der Waals surface area contributed by atoms with E-state index in [4.69, 9.17) is 0 Å². The second-order valence-electron chi connectivity index (χ2n) is 8.17. The third kappa shape index (κ3) is 6.77. The van der Waals surface area contributed by atoms with Crippen molar-refractivity contribution in [3.05, 3.63) is 35.4 Å². The van der Waals surface area contributed by atoms with Crippen LogP contribution in [0.25, 0.3) is 0 Å². The van der Waals surface area contributed by atoms with Crippen LogP contribution in [0.15, 0.2) is 24.3 Å². The minimum Gasteiger partial charge on any atom is -0.352 e. The number of nitrogens with zero attached hydrogens (tertiary/aromatic N) is 3. The number of likely N-dealkylation sites (N-methyl/N-ethyl adjacent to an activating group) is 1. The number of carbonyl (C=O) groups is 1. The van der Waals surface area contributed by atoms with Crippen molar-refractivity contribution in [1.29, 1.82) is 0 Å². The van der Waals surface area contributed by atoms with Crippen LogP contribution in [0.5, 0.6) is 0 Å². The summed E-state index contributed by atoms with van der Waals surface area (Å²) in [6, 6.07) is 6.93. The molecule has 0 aromatic heterocycles.